The van der Waals surface area contributed by atoms with Crippen molar-refractivity contribution < 1.29 is 33.8 Å². The molecule has 0 spiro atoms. The van der Waals surface area contributed by atoms with Crippen LogP contribution in [0.3, 0.4) is 0 Å². The van der Waals surface area contributed by atoms with Crippen LogP contribution in [-0.2, 0) is 20.0 Å². The number of carbonyl (C=O) groups excluding carboxylic acids is 3. The van der Waals surface area contributed by atoms with E-state index in [1.54, 1.807) is 42.2 Å². The molecule has 17 nitrogen and oxygen atoms in total. The summed E-state index contributed by atoms with van der Waals surface area (Å²) in [5.41, 5.74) is 16.1. The highest BCUT2D eigenvalue weighted by Gasteiger charge is 2.49. The number of aromatic nitrogens is 3. The van der Waals surface area contributed by atoms with Crippen LogP contribution in [0.25, 0.3) is 11.1 Å². The lowest BCUT2D eigenvalue weighted by Crippen LogP contribution is -2.65. The van der Waals surface area contributed by atoms with Crippen molar-refractivity contribution in [3.05, 3.63) is 83.0 Å². The monoisotopic (exact) mass is 822 g/mol. The van der Waals surface area contributed by atoms with E-state index in [0.29, 0.717) is 37.6 Å². The van der Waals surface area contributed by atoms with Crippen molar-refractivity contribution in [1.29, 1.82) is 0 Å². The molecule has 2 atom stereocenters. The first-order chi connectivity index (χ1) is 28.8. The van der Waals surface area contributed by atoms with Crippen LogP contribution in [0.2, 0.25) is 0 Å². The predicted molar refractivity (Wildman–Crippen MR) is 226 cm³/mol. The van der Waals surface area contributed by atoms with Gasteiger partial charge in [-0.2, -0.15) is 5.10 Å². The lowest BCUT2D eigenvalue weighted by molar-refractivity contribution is -0.895. The molecule has 2 saturated heterocycles. The minimum atomic E-state index is -1.93. The van der Waals surface area contributed by atoms with Crippen LogP contribution in [0, 0.1) is 5.92 Å². The van der Waals surface area contributed by atoms with Gasteiger partial charge in [-0.1, -0.05) is 19.1 Å². The standard InChI is InChI=1S/C40H50BN11O5.C2H6O/c1-4-30-36-27(20-44-51(36)25-21-50(22-25)40(41,56)32-12-8-11-31(52(32)57-3)39(55)49-17-5-6-18-49)26-9-7-10-28(35(26)48(30)2)46-29(34(43)38(54)45-24-15-16-24)19-33(42)47-37(53)23-13-14-23;1-3-2/h7-12,19-20,23-25,30,43,56H,4-6,13-18,21-22H2,1-3H3,(H5,42,45,46,47,53,54,55);1-2H3/p+1. The zero-order chi connectivity index (χ0) is 42.9. The molecule has 3 aliphatic heterocycles. The number of pyridine rings is 1. The van der Waals surface area contributed by atoms with E-state index in [2.05, 4.69) is 32.5 Å². The number of methoxy groups -OCH3 is 1. The Morgan fingerprint density at radius 1 is 1.03 bits per heavy atom. The third-order valence-corrected chi connectivity index (χ3v) is 11.7. The lowest BCUT2D eigenvalue weighted by Gasteiger charge is -2.47. The molecule has 2 unspecified atom stereocenters. The van der Waals surface area contributed by atoms with Gasteiger partial charge in [0.25, 0.3) is 11.6 Å². The quantitative estimate of drug-likeness (QED) is 0.0625. The van der Waals surface area contributed by atoms with Gasteiger partial charge >= 0.3 is 11.6 Å². The van der Waals surface area contributed by atoms with E-state index in [1.165, 1.54) is 17.9 Å². The maximum absolute atomic E-state index is 13.4. The van der Waals surface area contributed by atoms with Crippen molar-refractivity contribution in [3.8, 4) is 11.1 Å². The normalized spacial score (nSPS) is 20.4. The molecule has 4 fully saturated rings. The third kappa shape index (κ3) is 8.40. The zero-order valence-electron chi connectivity index (χ0n) is 35.1. The lowest BCUT2D eigenvalue weighted by atomic mass is 9.82. The molecule has 318 valence electrons. The van der Waals surface area contributed by atoms with Crippen molar-refractivity contribution in [3.63, 3.8) is 0 Å². The number of rotatable bonds is 13. The second-order valence-electron chi connectivity index (χ2n) is 16.2. The average molecular weight is 823 g/mol. The largest absolute Gasteiger partial charge is 0.393 e. The van der Waals surface area contributed by atoms with Crippen LogP contribution in [0.4, 0.5) is 11.4 Å². The van der Waals surface area contributed by atoms with Gasteiger partial charge in [0, 0.05) is 93.5 Å². The van der Waals surface area contributed by atoms with E-state index in [0.717, 1.165) is 67.5 Å². The highest BCUT2D eigenvalue weighted by Crippen LogP contribution is 2.50. The van der Waals surface area contributed by atoms with E-state index in [1.807, 2.05) is 36.1 Å². The molecule has 2 aliphatic carbocycles. The summed E-state index contributed by atoms with van der Waals surface area (Å²) in [4.78, 5) is 50.4. The molecule has 8 N–H and O–H groups in total. The predicted octanol–water partition coefficient (Wildman–Crippen LogP) is 1.31. The summed E-state index contributed by atoms with van der Waals surface area (Å²) in [7, 11) is 13.4. The van der Waals surface area contributed by atoms with Crippen molar-refractivity contribution in [2.24, 2.45) is 17.4 Å². The Balaban J connectivity index is 0.00000176. The Morgan fingerprint density at radius 2 is 1.72 bits per heavy atom. The molecule has 2 saturated carbocycles. The Hall–Kier alpha value is -5.59. The molecule has 2 aromatic heterocycles. The molecular weight excluding hydrogens is 765 g/mol. The molecular formula is C42H57BN11O6+. The number of ether oxygens (including phenoxy) is 1. The number of hydrogen-bond acceptors (Lipinski definition) is 12. The molecule has 0 bridgehead atoms. The molecule has 1 aromatic carbocycles. The van der Waals surface area contributed by atoms with E-state index in [-0.39, 0.29) is 58.8 Å². The number of carbonyl (C=O) groups is 3. The number of nitrogens with one attached hydrogen (secondary N) is 3. The molecule has 3 aromatic rings. The Labute approximate surface area is 352 Å². The van der Waals surface area contributed by atoms with Crippen molar-refractivity contribution in [2.45, 2.75) is 75.6 Å². The van der Waals surface area contributed by atoms with Crippen molar-refractivity contribution in [1.82, 2.24) is 30.2 Å². The Kier molecular flexibility index (Phi) is 12.4. The molecule has 5 heterocycles. The van der Waals surface area contributed by atoms with Crippen molar-refractivity contribution in [2.75, 3.05) is 64.8 Å². The second-order valence-corrected chi connectivity index (χ2v) is 16.2. The van der Waals surface area contributed by atoms with Crippen LogP contribution in [0.1, 0.15) is 85.8 Å². The van der Waals surface area contributed by atoms with Crippen LogP contribution >= 0.6 is 0 Å². The summed E-state index contributed by atoms with van der Waals surface area (Å²) in [6.45, 7) is 4.26. The number of fused-ring (bicyclic) bond motifs is 3. The van der Waals surface area contributed by atoms with Gasteiger partial charge in [-0.3, -0.25) is 28.8 Å². The number of amides is 3. The second kappa shape index (κ2) is 17.6. The van der Waals surface area contributed by atoms with Crippen LogP contribution < -0.4 is 41.9 Å². The molecule has 2 radical (unpaired) electrons. The van der Waals surface area contributed by atoms with Gasteiger partial charge in [0.2, 0.25) is 5.91 Å². The first kappa shape index (κ1) is 42.5. The van der Waals surface area contributed by atoms with Crippen LogP contribution in [0.5, 0.6) is 0 Å². The number of aliphatic hydroxyl groups is 1. The van der Waals surface area contributed by atoms with E-state index in [9.17, 15) is 19.5 Å². The van der Waals surface area contributed by atoms with E-state index < -0.39 is 11.5 Å². The maximum Gasteiger partial charge on any atom is 0.323 e. The van der Waals surface area contributed by atoms with Gasteiger partial charge in [0.05, 0.1) is 41.0 Å². The molecule has 18 heteroatoms. The summed E-state index contributed by atoms with van der Waals surface area (Å²) < 4.78 is 7.61. The Bertz CT molecular complexity index is 2170. The van der Waals surface area contributed by atoms with Gasteiger partial charge in [0.1, 0.15) is 18.6 Å². The Morgan fingerprint density at radius 3 is 2.35 bits per heavy atom. The fraction of sp³-hybridized carbons (Fsp3) is 0.500. The average Bonchev–Trinajstić information content (AvgIpc) is 4.13. The number of para-hydroxylation sites is 1. The summed E-state index contributed by atoms with van der Waals surface area (Å²) in [5.74, 6) is -0.699. The summed E-state index contributed by atoms with van der Waals surface area (Å²) >= 11 is 0. The summed E-state index contributed by atoms with van der Waals surface area (Å²) in [6.07, 6.45) is 9.48. The SMILES string of the molecule is COC.[B]C(O)(c1cccc(C(=O)N2CCCC2)[n+]1OC)N1CC(n2ncc3c2C(CC)N(C)c2c(NC(/C=C(\N)NC(=O)C4CC4)=C(/N)C(=O)NC4CC4)cccc2-3)C1. The summed E-state index contributed by atoms with van der Waals surface area (Å²) in [6, 6.07) is 10.8. The number of benzene rings is 1. The van der Waals surface area contributed by atoms with Gasteiger partial charge < -0.3 is 47.1 Å². The number of likely N-dealkylation sites (tertiary alicyclic amines) is 2. The molecule has 3 amide bonds. The van der Waals surface area contributed by atoms with E-state index >= 15 is 0 Å². The first-order valence-corrected chi connectivity index (χ1v) is 20.7. The van der Waals surface area contributed by atoms with Crippen LogP contribution in [-0.4, -0.2) is 111 Å². The molecule has 60 heavy (non-hydrogen) atoms. The van der Waals surface area contributed by atoms with Gasteiger partial charge in [-0.05, 0) is 57.1 Å². The number of hydrogen-bond donors (Lipinski definition) is 6. The van der Waals surface area contributed by atoms with Gasteiger partial charge in [0.15, 0.2) is 13.5 Å². The first-order valence-electron chi connectivity index (χ1n) is 20.7. The number of anilines is 2. The fourth-order valence-corrected chi connectivity index (χ4v) is 8.23. The van der Waals surface area contributed by atoms with Gasteiger partial charge in [-0.15, -0.1) is 0 Å². The van der Waals surface area contributed by atoms with E-state index in [4.69, 9.17) is 29.2 Å². The topological polar surface area (TPSA) is 209 Å². The number of nitrogens with two attached hydrogens (primary N) is 2. The number of allylic oxidation sites excluding steroid dienone is 1. The van der Waals surface area contributed by atoms with Gasteiger partial charge in [-0.25, -0.2) is 0 Å². The highest BCUT2D eigenvalue weighted by molar-refractivity contribution is 6.14. The molecule has 8 rings (SSSR count). The minimum absolute atomic E-state index is 0.0440. The smallest absolute Gasteiger partial charge is 0.323 e. The zero-order valence-corrected chi connectivity index (χ0v) is 35.1. The molecule has 5 aliphatic rings. The fourth-order valence-electron chi connectivity index (χ4n) is 8.23. The minimum Gasteiger partial charge on any atom is -0.393 e. The van der Waals surface area contributed by atoms with Crippen molar-refractivity contribution >= 4 is 36.9 Å². The summed E-state index contributed by atoms with van der Waals surface area (Å²) in [5, 5.41) is 25.8. The van der Waals surface area contributed by atoms with Crippen LogP contribution in [0.15, 0.2) is 65.9 Å². The maximum atomic E-state index is 13.4. The third-order valence-electron chi connectivity index (χ3n) is 11.7. The highest BCUT2D eigenvalue weighted by atomic mass is 16.6. The number of nitrogens with zero attached hydrogens (tertiary/aromatic N) is 6.